The van der Waals surface area contributed by atoms with Crippen LogP contribution >= 0.6 is 0 Å². The Kier molecular flexibility index (Phi) is 5.51. The van der Waals surface area contributed by atoms with Gasteiger partial charge in [0.1, 0.15) is 0 Å². The minimum absolute atomic E-state index is 0.0248. The number of piperazine rings is 1. The second-order valence-corrected chi connectivity index (χ2v) is 9.83. The van der Waals surface area contributed by atoms with Crippen molar-refractivity contribution in [2.24, 2.45) is 5.92 Å². The van der Waals surface area contributed by atoms with Crippen LogP contribution in [0.25, 0.3) is 11.4 Å². The van der Waals surface area contributed by atoms with E-state index in [-0.39, 0.29) is 24.2 Å². The highest BCUT2D eigenvalue weighted by atomic mass is 16.5. The fraction of sp³-hybridized carbons (Fsp3) is 0.407. The molecule has 8 heteroatoms. The third-order valence-corrected chi connectivity index (χ3v) is 7.27. The van der Waals surface area contributed by atoms with E-state index in [1.54, 1.807) is 4.90 Å². The third kappa shape index (κ3) is 4.40. The number of benzene rings is 2. The SMILES string of the molecule is Cc1ccc(N2C[C@H](C(=O)N3CCN(c4ccc(-c5noc(C6CC6)n5)cc4)CC3)CC2=O)cc1. The Morgan fingerprint density at radius 1 is 0.943 bits per heavy atom. The molecule has 2 amide bonds. The Balaban J connectivity index is 1.04. The zero-order valence-corrected chi connectivity index (χ0v) is 19.9. The van der Waals surface area contributed by atoms with Gasteiger partial charge in [-0.2, -0.15) is 4.98 Å². The van der Waals surface area contributed by atoms with Crippen molar-refractivity contribution >= 4 is 23.2 Å². The highest BCUT2D eigenvalue weighted by Crippen LogP contribution is 2.39. The molecule has 3 heterocycles. The molecule has 8 nitrogen and oxygen atoms in total. The molecule has 3 aliphatic rings. The highest BCUT2D eigenvalue weighted by molar-refractivity contribution is 6.00. The van der Waals surface area contributed by atoms with Crippen LogP contribution in [0.3, 0.4) is 0 Å². The molecule has 0 bridgehead atoms. The molecule has 0 spiro atoms. The Morgan fingerprint density at radius 2 is 1.63 bits per heavy atom. The maximum absolute atomic E-state index is 13.2. The van der Waals surface area contributed by atoms with E-state index >= 15 is 0 Å². The van der Waals surface area contributed by atoms with Gasteiger partial charge in [0.2, 0.25) is 23.5 Å². The summed E-state index contributed by atoms with van der Waals surface area (Å²) in [6.07, 6.45) is 2.56. The molecule has 35 heavy (non-hydrogen) atoms. The fourth-order valence-corrected chi connectivity index (χ4v) is 4.96. The summed E-state index contributed by atoms with van der Waals surface area (Å²) in [5, 5.41) is 4.12. The van der Waals surface area contributed by atoms with Gasteiger partial charge in [-0.25, -0.2) is 0 Å². The predicted octanol–water partition coefficient (Wildman–Crippen LogP) is 3.62. The first kappa shape index (κ1) is 21.8. The molecule has 0 unspecified atom stereocenters. The quantitative estimate of drug-likeness (QED) is 0.565. The van der Waals surface area contributed by atoms with Gasteiger partial charge in [0, 0.05) is 62.0 Å². The summed E-state index contributed by atoms with van der Waals surface area (Å²) in [7, 11) is 0. The van der Waals surface area contributed by atoms with E-state index in [0.717, 1.165) is 54.3 Å². The van der Waals surface area contributed by atoms with E-state index in [0.29, 0.717) is 31.4 Å². The number of carbonyl (C=O) groups is 2. The minimum Gasteiger partial charge on any atom is -0.368 e. The number of hydrogen-bond acceptors (Lipinski definition) is 6. The largest absolute Gasteiger partial charge is 0.368 e. The van der Waals surface area contributed by atoms with Gasteiger partial charge in [0.05, 0.1) is 5.92 Å². The number of nitrogens with zero attached hydrogens (tertiary/aromatic N) is 5. The van der Waals surface area contributed by atoms with Gasteiger partial charge >= 0.3 is 0 Å². The van der Waals surface area contributed by atoms with Crippen LogP contribution in [0, 0.1) is 12.8 Å². The molecule has 0 N–H and O–H groups in total. The van der Waals surface area contributed by atoms with Gasteiger partial charge in [-0.3, -0.25) is 9.59 Å². The van der Waals surface area contributed by atoms with Crippen LogP contribution in [0.4, 0.5) is 11.4 Å². The minimum atomic E-state index is -0.273. The molecular formula is C27H29N5O3. The Bertz CT molecular complexity index is 1220. The molecule has 1 atom stereocenters. The molecule has 6 rings (SSSR count). The third-order valence-electron chi connectivity index (χ3n) is 7.27. The van der Waals surface area contributed by atoms with Crippen molar-refractivity contribution in [1.29, 1.82) is 0 Å². The first-order valence-corrected chi connectivity index (χ1v) is 12.4. The van der Waals surface area contributed by atoms with E-state index in [4.69, 9.17) is 4.52 Å². The van der Waals surface area contributed by atoms with Gasteiger partial charge in [-0.1, -0.05) is 22.9 Å². The Morgan fingerprint density at radius 3 is 2.31 bits per heavy atom. The second-order valence-electron chi connectivity index (χ2n) is 9.83. The molecule has 180 valence electrons. The summed E-state index contributed by atoms with van der Waals surface area (Å²) in [5.74, 6) is 1.67. The molecule has 3 aromatic rings. The summed E-state index contributed by atoms with van der Waals surface area (Å²) in [6.45, 7) is 5.33. The summed E-state index contributed by atoms with van der Waals surface area (Å²) in [4.78, 5) is 36.3. The van der Waals surface area contributed by atoms with E-state index in [1.807, 2.05) is 48.2 Å². The van der Waals surface area contributed by atoms with Crippen LogP contribution in [0.1, 0.15) is 36.6 Å². The summed E-state index contributed by atoms with van der Waals surface area (Å²) >= 11 is 0. The molecule has 0 radical (unpaired) electrons. The van der Waals surface area contributed by atoms with Crippen LogP contribution < -0.4 is 9.80 Å². The number of aromatic nitrogens is 2. The van der Waals surface area contributed by atoms with Gasteiger partial charge in [0.15, 0.2) is 0 Å². The van der Waals surface area contributed by atoms with Crippen molar-refractivity contribution < 1.29 is 14.1 Å². The molecule has 2 aromatic carbocycles. The molecular weight excluding hydrogens is 442 g/mol. The highest BCUT2D eigenvalue weighted by Gasteiger charge is 2.38. The zero-order valence-electron chi connectivity index (χ0n) is 19.9. The molecule has 1 aromatic heterocycles. The average molecular weight is 472 g/mol. The molecule has 1 saturated carbocycles. The van der Waals surface area contributed by atoms with Crippen molar-refractivity contribution in [2.45, 2.75) is 32.1 Å². The lowest BCUT2D eigenvalue weighted by molar-refractivity contribution is -0.136. The number of amides is 2. The first-order valence-electron chi connectivity index (χ1n) is 12.4. The van der Waals surface area contributed by atoms with Gasteiger partial charge in [0.25, 0.3) is 0 Å². The summed E-state index contributed by atoms with van der Waals surface area (Å²) < 4.78 is 5.38. The normalized spacial score (nSPS) is 20.5. The molecule has 2 aliphatic heterocycles. The van der Waals surface area contributed by atoms with Gasteiger partial charge in [-0.05, 0) is 56.2 Å². The summed E-state index contributed by atoms with van der Waals surface area (Å²) in [6, 6.07) is 16.1. The standard InChI is InChI=1S/C27H29N5O3/c1-18-2-8-23(9-3-18)32-17-21(16-24(32)33)27(34)31-14-12-30(13-15-31)22-10-6-19(7-11-22)25-28-26(35-29-25)20-4-5-20/h2-3,6-11,20-21H,4-5,12-17H2,1H3/t21-/m1/s1. The summed E-state index contributed by atoms with van der Waals surface area (Å²) in [5.41, 5.74) is 4.09. The lowest BCUT2D eigenvalue weighted by Crippen LogP contribution is -2.50. The molecule has 3 fully saturated rings. The van der Waals surface area contributed by atoms with Crippen molar-refractivity contribution in [2.75, 3.05) is 42.5 Å². The van der Waals surface area contributed by atoms with Crippen molar-refractivity contribution in [3.63, 3.8) is 0 Å². The second kappa shape index (κ2) is 8.83. The van der Waals surface area contributed by atoms with E-state index < -0.39 is 0 Å². The average Bonchev–Trinajstić information content (AvgIpc) is 3.49. The number of rotatable bonds is 5. The predicted molar refractivity (Wildman–Crippen MR) is 132 cm³/mol. The Labute approximate surface area is 204 Å². The monoisotopic (exact) mass is 471 g/mol. The van der Waals surface area contributed by atoms with E-state index in [1.165, 1.54) is 0 Å². The number of hydrogen-bond donors (Lipinski definition) is 0. The fourth-order valence-electron chi connectivity index (χ4n) is 4.96. The zero-order chi connectivity index (χ0) is 23.9. The van der Waals surface area contributed by atoms with Crippen LogP contribution in [-0.4, -0.2) is 59.6 Å². The smallest absolute Gasteiger partial charge is 0.230 e. The van der Waals surface area contributed by atoms with Crippen LogP contribution in [-0.2, 0) is 9.59 Å². The molecule has 2 saturated heterocycles. The number of aryl methyl sites for hydroxylation is 1. The van der Waals surface area contributed by atoms with Crippen LogP contribution in [0.2, 0.25) is 0 Å². The van der Waals surface area contributed by atoms with Crippen LogP contribution in [0.15, 0.2) is 53.1 Å². The van der Waals surface area contributed by atoms with Crippen molar-refractivity contribution in [3.8, 4) is 11.4 Å². The van der Waals surface area contributed by atoms with Crippen LogP contribution in [0.5, 0.6) is 0 Å². The maximum Gasteiger partial charge on any atom is 0.230 e. The molecule has 1 aliphatic carbocycles. The number of anilines is 2. The topological polar surface area (TPSA) is 82.8 Å². The van der Waals surface area contributed by atoms with Crippen molar-refractivity contribution in [3.05, 3.63) is 60.0 Å². The van der Waals surface area contributed by atoms with Gasteiger partial charge in [-0.15, -0.1) is 0 Å². The lowest BCUT2D eigenvalue weighted by Gasteiger charge is -2.37. The number of carbonyl (C=O) groups excluding carboxylic acids is 2. The first-order chi connectivity index (χ1) is 17.0. The van der Waals surface area contributed by atoms with E-state index in [2.05, 4.69) is 27.2 Å². The maximum atomic E-state index is 13.2. The lowest BCUT2D eigenvalue weighted by atomic mass is 10.1. The Hall–Kier alpha value is -3.68. The van der Waals surface area contributed by atoms with Crippen molar-refractivity contribution in [1.82, 2.24) is 15.0 Å². The van der Waals surface area contributed by atoms with E-state index in [9.17, 15) is 9.59 Å². The van der Waals surface area contributed by atoms with Gasteiger partial charge < -0.3 is 19.2 Å².